The van der Waals surface area contributed by atoms with Gasteiger partial charge in [0, 0.05) is 18.1 Å². The lowest BCUT2D eigenvalue weighted by Crippen LogP contribution is -2.51. The summed E-state index contributed by atoms with van der Waals surface area (Å²) in [6.45, 7) is 5.75. The van der Waals surface area contributed by atoms with Crippen LogP contribution in [0.15, 0.2) is 48.5 Å². The Morgan fingerprint density at radius 1 is 1.12 bits per heavy atom. The molecule has 0 heterocycles. The van der Waals surface area contributed by atoms with E-state index in [-0.39, 0.29) is 12.5 Å². The van der Waals surface area contributed by atoms with Crippen LogP contribution in [0.2, 0.25) is 5.02 Å². The van der Waals surface area contributed by atoms with Gasteiger partial charge in [-0.2, -0.15) is 0 Å². The van der Waals surface area contributed by atoms with Gasteiger partial charge in [-0.15, -0.1) is 0 Å². The second kappa shape index (κ2) is 11.9. The largest absolute Gasteiger partial charge is 0.494 e. The molecule has 1 N–H and O–H groups in total. The molecule has 0 saturated heterocycles. The lowest BCUT2D eigenvalue weighted by Gasteiger charge is -2.31. The van der Waals surface area contributed by atoms with Crippen molar-refractivity contribution >= 4 is 39.1 Å². The number of benzene rings is 2. The second-order valence-electron chi connectivity index (χ2n) is 7.42. The number of amides is 2. The molecular formula is C23H30ClN3O5S. The number of rotatable bonds is 11. The fourth-order valence-corrected chi connectivity index (χ4v) is 4.29. The first-order valence-electron chi connectivity index (χ1n) is 10.6. The zero-order valence-electron chi connectivity index (χ0n) is 19.2. The third kappa shape index (κ3) is 7.64. The highest BCUT2D eigenvalue weighted by Crippen LogP contribution is 2.23. The molecule has 0 aliphatic rings. The van der Waals surface area contributed by atoms with E-state index in [0.29, 0.717) is 29.6 Å². The highest BCUT2D eigenvalue weighted by atomic mass is 35.5. The van der Waals surface area contributed by atoms with Gasteiger partial charge in [0.25, 0.3) is 0 Å². The van der Waals surface area contributed by atoms with Crippen LogP contribution in [-0.4, -0.2) is 57.1 Å². The maximum absolute atomic E-state index is 13.4. The van der Waals surface area contributed by atoms with Crippen LogP contribution in [0, 0.1) is 0 Å². The fourth-order valence-electron chi connectivity index (χ4n) is 3.23. The summed E-state index contributed by atoms with van der Waals surface area (Å²) < 4.78 is 31.5. The number of nitrogens with zero attached hydrogens (tertiary/aromatic N) is 2. The Labute approximate surface area is 200 Å². The van der Waals surface area contributed by atoms with E-state index in [1.165, 1.54) is 4.90 Å². The van der Waals surface area contributed by atoms with Crippen molar-refractivity contribution in [1.82, 2.24) is 10.2 Å². The molecule has 0 aromatic heterocycles. The van der Waals surface area contributed by atoms with Gasteiger partial charge in [0.1, 0.15) is 18.3 Å². The summed E-state index contributed by atoms with van der Waals surface area (Å²) in [6, 6.07) is 12.6. The van der Waals surface area contributed by atoms with Gasteiger partial charge in [-0.25, -0.2) is 8.42 Å². The van der Waals surface area contributed by atoms with Crippen LogP contribution in [0.5, 0.6) is 5.75 Å². The molecule has 1 unspecified atom stereocenters. The Morgan fingerprint density at radius 2 is 1.79 bits per heavy atom. The van der Waals surface area contributed by atoms with Gasteiger partial charge < -0.3 is 15.0 Å². The predicted octanol–water partition coefficient (Wildman–Crippen LogP) is 3.06. The summed E-state index contributed by atoms with van der Waals surface area (Å²) in [7, 11) is -3.78. The smallest absolute Gasteiger partial charge is 0.244 e. The highest BCUT2D eigenvalue weighted by Gasteiger charge is 2.30. The lowest BCUT2D eigenvalue weighted by molar-refractivity contribution is -0.139. The molecule has 10 heteroatoms. The van der Waals surface area contributed by atoms with E-state index in [4.69, 9.17) is 16.3 Å². The Kier molecular flexibility index (Phi) is 9.55. The van der Waals surface area contributed by atoms with Gasteiger partial charge in [-0.3, -0.25) is 13.9 Å². The summed E-state index contributed by atoms with van der Waals surface area (Å²) in [5.74, 6) is -0.263. The second-order valence-corrected chi connectivity index (χ2v) is 9.76. The average Bonchev–Trinajstić information content (AvgIpc) is 2.75. The molecule has 0 aliphatic heterocycles. The van der Waals surface area contributed by atoms with Crippen LogP contribution in [0.4, 0.5) is 5.69 Å². The third-order valence-electron chi connectivity index (χ3n) is 4.88. The number of nitrogens with one attached hydrogen (secondary N) is 1. The van der Waals surface area contributed by atoms with E-state index in [2.05, 4.69) is 5.32 Å². The highest BCUT2D eigenvalue weighted by molar-refractivity contribution is 7.92. The molecule has 0 aliphatic carbocycles. The Hall–Kier alpha value is -2.78. The van der Waals surface area contributed by atoms with Crippen LogP contribution < -0.4 is 14.4 Å². The molecule has 0 bridgehead atoms. The first-order chi connectivity index (χ1) is 15.6. The molecule has 33 heavy (non-hydrogen) atoms. The topological polar surface area (TPSA) is 96.0 Å². The minimum absolute atomic E-state index is 0.0958. The molecule has 2 aromatic carbocycles. The number of likely N-dealkylation sites (N-methyl/N-ethyl adjacent to an activating group) is 1. The van der Waals surface area contributed by atoms with Gasteiger partial charge in [0.15, 0.2) is 0 Å². The molecule has 2 amide bonds. The predicted molar refractivity (Wildman–Crippen MR) is 130 cm³/mol. The van der Waals surface area contributed by atoms with Gasteiger partial charge in [0.05, 0.1) is 18.6 Å². The number of ether oxygens (including phenoxy) is 1. The summed E-state index contributed by atoms with van der Waals surface area (Å²) in [6.07, 6.45) is 1.03. The van der Waals surface area contributed by atoms with Crippen molar-refractivity contribution in [2.75, 3.05) is 30.3 Å². The molecule has 0 fully saturated rings. The number of anilines is 1. The Bertz CT molecular complexity index is 1060. The van der Waals surface area contributed by atoms with Gasteiger partial charge in [0.2, 0.25) is 21.8 Å². The zero-order chi connectivity index (χ0) is 24.6. The maximum atomic E-state index is 13.4. The Balaban J connectivity index is 2.35. The van der Waals surface area contributed by atoms with Gasteiger partial charge >= 0.3 is 0 Å². The van der Waals surface area contributed by atoms with Gasteiger partial charge in [-0.1, -0.05) is 23.7 Å². The number of halogens is 1. The molecule has 2 rings (SSSR count). The molecule has 0 spiro atoms. The van der Waals surface area contributed by atoms with Crippen molar-refractivity contribution in [1.29, 1.82) is 0 Å². The van der Waals surface area contributed by atoms with Crippen LogP contribution >= 0.6 is 11.6 Å². The summed E-state index contributed by atoms with van der Waals surface area (Å²) in [4.78, 5) is 27.2. The zero-order valence-corrected chi connectivity index (χ0v) is 20.8. The number of carbonyl (C=O) groups excluding carboxylic acids is 2. The average molecular weight is 496 g/mol. The number of carbonyl (C=O) groups is 2. The van der Waals surface area contributed by atoms with E-state index in [1.807, 2.05) is 6.92 Å². The van der Waals surface area contributed by atoms with E-state index in [9.17, 15) is 18.0 Å². The maximum Gasteiger partial charge on any atom is 0.244 e. The van der Waals surface area contributed by atoms with Crippen molar-refractivity contribution in [2.45, 2.75) is 33.4 Å². The van der Waals surface area contributed by atoms with Gasteiger partial charge in [-0.05, 0) is 62.7 Å². The van der Waals surface area contributed by atoms with E-state index >= 15 is 0 Å². The minimum atomic E-state index is -3.78. The third-order valence-corrected chi connectivity index (χ3v) is 6.25. The first kappa shape index (κ1) is 26.5. The lowest BCUT2D eigenvalue weighted by atomic mass is 10.1. The molecule has 2 aromatic rings. The van der Waals surface area contributed by atoms with E-state index in [1.54, 1.807) is 62.4 Å². The number of hydrogen-bond donors (Lipinski definition) is 1. The molecule has 1 atom stereocenters. The summed E-state index contributed by atoms with van der Waals surface area (Å²) in [5, 5.41) is 3.20. The van der Waals surface area contributed by atoms with Crippen molar-refractivity contribution in [3.05, 3.63) is 59.1 Å². The van der Waals surface area contributed by atoms with E-state index in [0.717, 1.165) is 16.1 Å². The van der Waals surface area contributed by atoms with E-state index < -0.39 is 28.5 Å². The molecule has 0 radical (unpaired) electrons. The summed E-state index contributed by atoms with van der Waals surface area (Å²) >= 11 is 6.08. The molecule has 180 valence electrons. The molecule has 8 nitrogen and oxygen atoms in total. The first-order valence-corrected chi connectivity index (χ1v) is 12.8. The van der Waals surface area contributed by atoms with Crippen molar-refractivity contribution < 1.29 is 22.7 Å². The van der Waals surface area contributed by atoms with Crippen molar-refractivity contribution in [3.63, 3.8) is 0 Å². The summed E-state index contributed by atoms with van der Waals surface area (Å²) in [5.41, 5.74) is 1.04. The van der Waals surface area contributed by atoms with Crippen LogP contribution in [0.25, 0.3) is 0 Å². The molecular weight excluding hydrogens is 466 g/mol. The number of sulfonamides is 1. The van der Waals surface area contributed by atoms with Crippen LogP contribution in [0.1, 0.15) is 26.3 Å². The van der Waals surface area contributed by atoms with Crippen LogP contribution in [-0.2, 0) is 26.2 Å². The van der Waals surface area contributed by atoms with Crippen molar-refractivity contribution in [2.24, 2.45) is 0 Å². The van der Waals surface area contributed by atoms with Crippen molar-refractivity contribution in [3.8, 4) is 5.75 Å². The standard InChI is InChI=1S/C23H30ClN3O5S/c1-5-25-23(29)17(3)26(15-18-8-7-9-19(24)14-18)22(28)16-27(33(4,30)31)20-10-12-21(13-11-20)32-6-2/h7-14,17H,5-6,15-16H2,1-4H3,(H,25,29). The van der Waals surface area contributed by atoms with Crippen LogP contribution in [0.3, 0.4) is 0 Å². The quantitative estimate of drug-likeness (QED) is 0.517. The SMILES string of the molecule is CCNC(=O)C(C)N(Cc1cccc(Cl)c1)C(=O)CN(c1ccc(OCC)cc1)S(C)(=O)=O. The Morgan fingerprint density at radius 3 is 2.33 bits per heavy atom. The number of hydrogen-bond acceptors (Lipinski definition) is 5. The monoisotopic (exact) mass is 495 g/mol. The minimum Gasteiger partial charge on any atom is -0.494 e. The fraction of sp³-hybridized carbons (Fsp3) is 0.391. The molecule has 0 saturated carbocycles. The normalized spacial score (nSPS) is 12.0.